The first-order valence-corrected chi connectivity index (χ1v) is 5.42. The van der Waals surface area contributed by atoms with Gasteiger partial charge in [0.1, 0.15) is 0 Å². The summed E-state index contributed by atoms with van der Waals surface area (Å²) in [4.78, 5) is 24.8. The molecule has 2 N–H and O–H groups in total. The molecular formula is C10H16N2O2S. The molecule has 1 fully saturated rings. The Morgan fingerprint density at radius 3 is 2.33 bits per heavy atom. The van der Waals surface area contributed by atoms with E-state index in [1.165, 1.54) is 4.90 Å². The Kier molecular flexibility index (Phi) is 3.44. The first-order valence-electron chi connectivity index (χ1n) is 5.01. The molecule has 0 spiro atoms. The first-order chi connectivity index (χ1) is 6.86. The van der Waals surface area contributed by atoms with Gasteiger partial charge in [0.25, 0.3) is 0 Å². The Balaban J connectivity index is 2.99. The summed E-state index contributed by atoms with van der Waals surface area (Å²) in [6.45, 7) is 5.54. The van der Waals surface area contributed by atoms with Gasteiger partial charge < -0.3 is 5.73 Å². The summed E-state index contributed by atoms with van der Waals surface area (Å²) >= 11 is 4.91. The van der Waals surface area contributed by atoms with Crippen molar-refractivity contribution in [2.24, 2.45) is 17.6 Å². The molecule has 0 aromatic rings. The fraction of sp³-hybridized carbons (Fsp3) is 0.700. The van der Waals surface area contributed by atoms with Crippen LogP contribution in [0.4, 0.5) is 0 Å². The maximum atomic E-state index is 11.8. The van der Waals surface area contributed by atoms with Crippen LogP contribution >= 0.6 is 12.2 Å². The molecule has 4 nitrogen and oxygen atoms in total. The molecule has 2 atom stereocenters. The maximum Gasteiger partial charge on any atom is 0.233 e. The predicted molar refractivity (Wildman–Crippen MR) is 61.0 cm³/mol. The highest BCUT2D eigenvalue weighted by molar-refractivity contribution is 7.80. The van der Waals surface area contributed by atoms with Crippen molar-refractivity contribution < 1.29 is 9.59 Å². The number of carbonyl (C=O) groups is 2. The van der Waals surface area contributed by atoms with Crippen LogP contribution in [-0.2, 0) is 9.59 Å². The number of thiocarbonyl (C=S) groups is 1. The van der Waals surface area contributed by atoms with Crippen LogP contribution in [0.2, 0.25) is 0 Å². The highest BCUT2D eigenvalue weighted by Crippen LogP contribution is 2.24. The van der Waals surface area contributed by atoms with Gasteiger partial charge in [-0.25, -0.2) is 0 Å². The van der Waals surface area contributed by atoms with E-state index in [1.807, 2.05) is 13.8 Å². The molecule has 1 saturated heterocycles. The molecule has 0 radical (unpaired) electrons. The van der Waals surface area contributed by atoms with E-state index in [1.54, 1.807) is 6.92 Å². The average Bonchev–Trinajstić information content (AvgIpc) is 2.31. The van der Waals surface area contributed by atoms with Crippen LogP contribution in [0.25, 0.3) is 0 Å². The van der Waals surface area contributed by atoms with Crippen molar-refractivity contribution >= 4 is 29.0 Å². The lowest BCUT2D eigenvalue weighted by atomic mass is 10.0. The smallest absolute Gasteiger partial charge is 0.233 e. The largest absolute Gasteiger partial charge is 0.392 e. The molecule has 15 heavy (non-hydrogen) atoms. The third kappa shape index (κ3) is 2.17. The van der Waals surface area contributed by atoms with Crippen LogP contribution in [-0.4, -0.2) is 27.7 Å². The number of imide groups is 1. The topological polar surface area (TPSA) is 63.4 Å². The van der Waals surface area contributed by atoms with E-state index >= 15 is 0 Å². The quantitative estimate of drug-likeness (QED) is 0.570. The van der Waals surface area contributed by atoms with E-state index in [9.17, 15) is 9.59 Å². The third-order valence-corrected chi connectivity index (χ3v) is 2.85. The van der Waals surface area contributed by atoms with Gasteiger partial charge in [-0.1, -0.05) is 33.0 Å². The van der Waals surface area contributed by atoms with Gasteiger partial charge in [-0.3, -0.25) is 14.5 Å². The second-order valence-corrected chi connectivity index (χ2v) is 4.77. The number of hydrogen-bond donors (Lipinski definition) is 1. The molecule has 1 heterocycles. The van der Waals surface area contributed by atoms with Crippen LogP contribution in [0.1, 0.15) is 27.2 Å². The van der Waals surface area contributed by atoms with Crippen LogP contribution in [0.3, 0.4) is 0 Å². The van der Waals surface area contributed by atoms with E-state index in [-0.39, 0.29) is 35.1 Å². The molecular weight excluding hydrogens is 212 g/mol. The van der Waals surface area contributed by atoms with Crippen molar-refractivity contribution in [2.75, 3.05) is 0 Å². The van der Waals surface area contributed by atoms with Gasteiger partial charge in [-0.15, -0.1) is 0 Å². The number of carbonyl (C=O) groups excluding carboxylic acids is 2. The van der Waals surface area contributed by atoms with Crippen molar-refractivity contribution in [3.05, 3.63) is 0 Å². The first kappa shape index (κ1) is 12.1. The van der Waals surface area contributed by atoms with E-state index < -0.39 is 6.04 Å². The van der Waals surface area contributed by atoms with Gasteiger partial charge >= 0.3 is 0 Å². The molecule has 1 rings (SSSR count). The lowest BCUT2D eigenvalue weighted by molar-refractivity contribution is -0.141. The van der Waals surface area contributed by atoms with Gasteiger partial charge in [0.15, 0.2) is 0 Å². The Hall–Kier alpha value is -0.970. The Labute approximate surface area is 94.8 Å². The number of hydrogen-bond acceptors (Lipinski definition) is 3. The second-order valence-electron chi connectivity index (χ2n) is 4.30. The van der Waals surface area contributed by atoms with E-state index in [0.717, 1.165) is 0 Å². The van der Waals surface area contributed by atoms with E-state index in [2.05, 4.69) is 0 Å². The monoisotopic (exact) mass is 228 g/mol. The minimum atomic E-state index is -0.440. The normalized spacial score (nSPS) is 23.7. The summed E-state index contributed by atoms with van der Waals surface area (Å²) in [6, 6.07) is -0.440. The molecule has 2 amide bonds. The maximum absolute atomic E-state index is 11.8. The Morgan fingerprint density at radius 2 is 2.07 bits per heavy atom. The summed E-state index contributed by atoms with van der Waals surface area (Å²) in [5, 5.41) is 0. The van der Waals surface area contributed by atoms with Crippen molar-refractivity contribution in [2.45, 2.75) is 33.2 Å². The number of rotatable bonds is 3. The van der Waals surface area contributed by atoms with E-state index in [0.29, 0.717) is 0 Å². The standard InChI is InChI=1S/C10H16N2O2S/c1-5(2)8(9(11)15)12-7(13)4-6(3)10(12)14/h5-6,8H,4H2,1-3H3,(H2,11,15). The molecule has 0 aromatic heterocycles. The zero-order valence-corrected chi connectivity index (χ0v) is 10.0. The van der Waals surface area contributed by atoms with Crippen molar-refractivity contribution in [1.82, 2.24) is 4.90 Å². The number of amides is 2. The zero-order chi connectivity index (χ0) is 11.7. The Bertz CT molecular complexity index is 315. The fourth-order valence-corrected chi connectivity index (χ4v) is 2.23. The minimum Gasteiger partial charge on any atom is -0.392 e. The van der Waals surface area contributed by atoms with Crippen LogP contribution in [0.5, 0.6) is 0 Å². The lowest BCUT2D eigenvalue weighted by Crippen LogP contribution is -2.50. The zero-order valence-electron chi connectivity index (χ0n) is 9.19. The minimum absolute atomic E-state index is 0.0562. The summed E-state index contributed by atoms with van der Waals surface area (Å²) in [6.07, 6.45) is 0.269. The fourth-order valence-electron chi connectivity index (χ4n) is 1.85. The van der Waals surface area contributed by atoms with Crippen LogP contribution in [0, 0.1) is 11.8 Å². The SMILES string of the molecule is CC1CC(=O)N(C(C(N)=S)C(C)C)C1=O. The number of nitrogens with zero attached hydrogens (tertiary/aromatic N) is 1. The molecule has 1 aliphatic rings. The molecule has 0 bridgehead atoms. The molecule has 0 saturated carbocycles. The summed E-state index contributed by atoms with van der Waals surface area (Å²) in [5.74, 6) is -0.515. The number of nitrogens with two attached hydrogens (primary N) is 1. The summed E-state index contributed by atoms with van der Waals surface area (Å²) in [7, 11) is 0. The van der Waals surface area contributed by atoms with E-state index in [4.69, 9.17) is 18.0 Å². The van der Waals surface area contributed by atoms with Gasteiger partial charge in [0.05, 0.1) is 11.0 Å². The second kappa shape index (κ2) is 4.26. The van der Waals surface area contributed by atoms with Gasteiger partial charge in [-0.2, -0.15) is 0 Å². The van der Waals surface area contributed by atoms with Crippen LogP contribution in [0.15, 0.2) is 0 Å². The summed E-state index contributed by atoms with van der Waals surface area (Å²) < 4.78 is 0. The van der Waals surface area contributed by atoms with Crippen molar-refractivity contribution in [3.8, 4) is 0 Å². The van der Waals surface area contributed by atoms with Crippen molar-refractivity contribution in [3.63, 3.8) is 0 Å². The third-order valence-electron chi connectivity index (χ3n) is 2.61. The molecule has 2 unspecified atom stereocenters. The summed E-state index contributed by atoms with van der Waals surface area (Å²) in [5.41, 5.74) is 5.57. The molecule has 0 aliphatic carbocycles. The average molecular weight is 228 g/mol. The van der Waals surface area contributed by atoms with Gasteiger partial charge in [0, 0.05) is 12.3 Å². The highest BCUT2D eigenvalue weighted by atomic mass is 32.1. The van der Waals surface area contributed by atoms with Crippen molar-refractivity contribution in [1.29, 1.82) is 0 Å². The highest BCUT2D eigenvalue weighted by Gasteiger charge is 2.41. The molecule has 84 valence electrons. The van der Waals surface area contributed by atoms with Crippen LogP contribution < -0.4 is 5.73 Å². The lowest BCUT2D eigenvalue weighted by Gasteiger charge is -2.28. The predicted octanol–water partition coefficient (Wildman–Crippen LogP) is 0.692. The molecule has 1 aliphatic heterocycles. The molecule has 0 aromatic carbocycles. The van der Waals surface area contributed by atoms with Gasteiger partial charge in [0.2, 0.25) is 11.8 Å². The Morgan fingerprint density at radius 1 is 1.53 bits per heavy atom. The molecule has 5 heteroatoms. The number of likely N-dealkylation sites (tertiary alicyclic amines) is 1. The van der Waals surface area contributed by atoms with Gasteiger partial charge in [-0.05, 0) is 5.92 Å².